The van der Waals surface area contributed by atoms with Gasteiger partial charge >= 0.3 is 0 Å². The molecule has 1 aromatic rings. The maximum absolute atomic E-state index is 12.1. The van der Waals surface area contributed by atoms with Gasteiger partial charge in [0, 0.05) is 19.8 Å². The molecule has 1 aromatic carbocycles. The molecule has 16 heavy (non-hydrogen) atoms. The molecule has 0 saturated heterocycles. The largest absolute Gasteiger partial charge is 0.394 e. The molecule has 0 aliphatic rings. The lowest BCUT2D eigenvalue weighted by atomic mass is 10.1. The van der Waals surface area contributed by atoms with Gasteiger partial charge in [0.25, 0.3) is 5.91 Å². The maximum Gasteiger partial charge on any atom is 0.256 e. The summed E-state index contributed by atoms with van der Waals surface area (Å²) in [5.74, 6) is -0.0912. The molecule has 88 valence electrons. The fraction of sp³-hybridized carbons (Fsp3) is 0.417. The molecule has 1 atom stereocenters. The summed E-state index contributed by atoms with van der Waals surface area (Å²) in [5.41, 5.74) is 1.41. The third-order valence-electron chi connectivity index (χ3n) is 2.67. The molecule has 0 aliphatic heterocycles. The number of rotatable bonds is 4. The van der Waals surface area contributed by atoms with Crippen LogP contribution in [-0.4, -0.2) is 42.7 Å². The second-order valence-electron chi connectivity index (χ2n) is 3.74. The van der Waals surface area contributed by atoms with Crippen LogP contribution in [0.15, 0.2) is 24.3 Å². The molecule has 4 nitrogen and oxygen atoms in total. The van der Waals surface area contributed by atoms with Crippen LogP contribution in [0, 0.1) is 0 Å². The summed E-state index contributed by atoms with van der Waals surface area (Å²) in [6.45, 7) is 1.77. The number of para-hydroxylation sites is 1. The van der Waals surface area contributed by atoms with Crippen LogP contribution in [0.4, 0.5) is 5.69 Å². The van der Waals surface area contributed by atoms with Crippen molar-refractivity contribution >= 4 is 11.6 Å². The molecule has 0 fully saturated rings. The van der Waals surface area contributed by atoms with Gasteiger partial charge in [-0.05, 0) is 19.1 Å². The first-order chi connectivity index (χ1) is 7.61. The first-order valence-electron chi connectivity index (χ1n) is 5.26. The van der Waals surface area contributed by atoms with E-state index in [2.05, 4.69) is 5.32 Å². The quantitative estimate of drug-likeness (QED) is 0.804. The normalized spacial score (nSPS) is 12.0. The number of nitrogens with one attached hydrogen (secondary N) is 1. The molecule has 0 aromatic heterocycles. The second-order valence-corrected chi connectivity index (χ2v) is 3.74. The molecular formula is C12H18N2O2. The number of carbonyl (C=O) groups is 1. The number of anilines is 1. The lowest BCUT2D eigenvalue weighted by Gasteiger charge is -2.24. The number of hydrogen-bond acceptors (Lipinski definition) is 3. The Labute approximate surface area is 95.9 Å². The van der Waals surface area contributed by atoms with Gasteiger partial charge in [-0.3, -0.25) is 4.79 Å². The molecule has 1 rings (SSSR count). The van der Waals surface area contributed by atoms with E-state index in [4.69, 9.17) is 5.11 Å². The van der Waals surface area contributed by atoms with Crippen LogP contribution in [0.1, 0.15) is 17.3 Å². The van der Waals surface area contributed by atoms with Gasteiger partial charge in [0.1, 0.15) is 0 Å². The number of benzene rings is 1. The standard InChI is InChI=1S/C12H18N2O2/c1-9(8-15)14(3)12(16)10-6-4-5-7-11(10)13-2/h4-7,9,13,15H,8H2,1-3H3. The average molecular weight is 222 g/mol. The van der Waals surface area contributed by atoms with Gasteiger partial charge in [0.15, 0.2) is 0 Å². The zero-order valence-electron chi connectivity index (χ0n) is 9.90. The van der Waals surface area contributed by atoms with Crippen molar-refractivity contribution in [3.63, 3.8) is 0 Å². The average Bonchev–Trinajstić information content (AvgIpc) is 2.35. The Morgan fingerprint density at radius 2 is 2.12 bits per heavy atom. The summed E-state index contributed by atoms with van der Waals surface area (Å²) in [6.07, 6.45) is 0. The fourth-order valence-electron chi connectivity index (χ4n) is 1.40. The molecule has 0 aliphatic carbocycles. The van der Waals surface area contributed by atoms with Gasteiger partial charge in [-0.1, -0.05) is 12.1 Å². The number of amides is 1. The predicted octanol–water partition coefficient (Wildman–Crippen LogP) is 1.18. The topological polar surface area (TPSA) is 52.6 Å². The summed E-state index contributed by atoms with van der Waals surface area (Å²) in [6, 6.07) is 7.14. The fourth-order valence-corrected chi connectivity index (χ4v) is 1.40. The zero-order valence-corrected chi connectivity index (χ0v) is 9.90. The van der Waals surface area contributed by atoms with Crippen LogP contribution in [0.3, 0.4) is 0 Å². The number of hydrogen-bond donors (Lipinski definition) is 2. The van der Waals surface area contributed by atoms with Gasteiger partial charge in [-0.2, -0.15) is 0 Å². The van der Waals surface area contributed by atoms with Crippen molar-refractivity contribution < 1.29 is 9.90 Å². The molecule has 2 N–H and O–H groups in total. The lowest BCUT2D eigenvalue weighted by Crippen LogP contribution is -2.37. The number of carbonyl (C=O) groups excluding carboxylic acids is 1. The van der Waals surface area contributed by atoms with Crippen LogP contribution in [0.2, 0.25) is 0 Å². The van der Waals surface area contributed by atoms with Gasteiger partial charge in [-0.25, -0.2) is 0 Å². The van der Waals surface area contributed by atoms with E-state index in [1.165, 1.54) is 4.90 Å². The van der Waals surface area contributed by atoms with E-state index in [0.29, 0.717) is 5.56 Å². The summed E-state index contributed by atoms with van der Waals surface area (Å²) in [5, 5.41) is 12.0. The highest BCUT2D eigenvalue weighted by Gasteiger charge is 2.18. The monoisotopic (exact) mass is 222 g/mol. The Balaban J connectivity index is 2.95. The highest BCUT2D eigenvalue weighted by molar-refractivity contribution is 5.99. The van der Waals surface area contributed by atoms with Gasteiger partial charge in [-0.15, -0.1) is 0 Å². The molecule has 0 spiro atoms. The second kappa shape index (κ2) is 5.51. The van der Waals surface area contributed by atoms with E-state index >= 15 is 0 Å². The summed E-state index contributed by atoms with van der Waals surface area (Å²) >= 11 is 0. The molecule has 0 radical (unpaired) electrons. The minimum atomic E-state index is -0.183. The van der Waals surface area contributed by atoms with Gasteiger partial charge in [0.2, 0.25) is 0 Å². The van der Waals surface area contributed by atoms with Crippen LogP contribution < -0.4 is 5.32 Å². The minimum absolute atomic E-state index is 0.0377. The van der Waals surface area contributed by atoms with Crippen molar-refractivity contribution in [1.82, 2.24) is 4.90 Å². The maximum atomic E-state index is 12.1. The molecule has 0 saturated carbocycles. The van der Waals surface area contributed by atoms with Crippen molar-refractivity contribution in [2.24, 2.45) is 0 Å². The van der Waals surface area contributed by atoms with Crippen LogP contribution in [-0.2, 0) is 0 Å². The van der Waals surface area contributed by atoms with Crippen molar-refractivity contribution in [1.29, 1.82) is 0 Å². The van der Waals surface area contributed by atoms with E-state index in [9.17, 15) is 4.79 Å². The van der Waals surface area contributed by atoms with Crippen molar-refractivity contribution in [3.05, 3.63) is 29.8 Å². The summed E-state index contributed by atoms with van der Waals surface area (Å²) in [7, 11) is 3.47. The highest BCUT2D eigenvalue weighted by Crippen LogP contribution is 2.16. The summed E-state index contributed by atoms with van der Waals surface area (Å²) < 4.78 is 0. The Hall–Kier alpha value is -1.55. The number of aliphatic hydroxyl groups is 1. The van der Waals surface area contributed by atoms with E-state index in [0.717, 1.165) is 5.69 Å². The van der Waals surface area contributed by atoms with Crippen molar-refractivity contribution in [2.75, 3.05) is 26.0 Å². The molecule has 1 unspecified atom stereocenters. The van der Waals surface area contributed by atoms with Crippen molar-refractivity contribution in [2.45, 2.75) is 13.0 Å². The first-order valence-corrected chi connectivity index (χ1v) is 5.26. The van der Waals surface area contributed by atoms with E-state index in [1.807, 2.05) is 18.2 Å². The zero-order chi connectivity index (χ0) is 12.1. The van der Waals surface area contributed by atoms with E-state index in [-0.39, 0.29) is 18.6 Å². The van der Waals surface area contributed by atoms with E-state index < -0.39 is 0 Å². The number of likely N-dealkylation sites (N-methyl/N-ethyl adjacent to an activating group) is 1. The Morgan fingerprint density at radius 1 is 1.50 bits per heavy atom. The predicted molar refractivity (Wildman–Crippen MR) is 64.6 cm³/mol. The third kappa shape index (κ3) is 2.52. The lowest BCUT2D eigenvalue weighted by molar-refractivity contribution is 0.0683. The molecule has 0 heterocycles. The molecule has 0 bridgehead atoms. The number of nitrogens with zero attached hydrogens (tertiary/aromatic N) is 1. The smallest absolute Gasteiger partial charge is 0.256 e. The van der Waals surface area contributed by atoms with Gasteiger partial charge < -0.3 is 15.3 Å². The molecular weight excluding hydrogens is 204 g/mol. The molecule has 1 amide bonds. The molecule has 4 heteroatoms. The van der Waals surface area contributed by atoms with Crippen LogP contribution in [0.25, 0.3) is 0 Å². The first kappa shape index (κ1) is 12.5. The van der Waals surface area contributed by atoms with Crippen LogP contribution in [0.5, 0.6) is 0 Å². The Kier molecular flexibility index (Phi) is 4.31. The SMILES string of the molecule is CNc1ccccc1C(=O)N(C)C(C)CO. The minimum Gasteiger partial charge on any atom is -0.394 e. The van der Waals surface area contributed by atoms with Crippen LogP contribution >= 0.6 is 0 Å². The van der Waals surface area contributed by atoms with Crippen molar-refractivity contribution in [3.8, 4) is 0 Å². The third-order valence-corrected chi connectivity index (χ3v) is 2.67. The number of aliphatic hydroxyl groups excluding tert-OH is 1. The highest BCUT2D eigenvalue weighted by atomic mass is 16.3. The van der Waals surface area contributed by atoms with E-state index in [1.54, 1.807) is 27.1 Å². The van der Waals surface area contributed by atoms with Gasteiger partial charge in [0.05, 0.1) is 18.2 Å². The Morgan fingerprint density at radius 3 is 2.69 bits per heavy atom. The summed E-state index contributed by atoms with van der Waals surface area (Å²) in [4.78, 5) is 13.6. The Bertz CT molecular complexity index is 366.